The van der Waals surface area contributed by atoms with Gasteiger partial charge in [-0.3, -0.25) is 9.69 Å². The zero-order chi connectivity index (χ0) is 14.5. The SMILES string of the molecule is CN(Cc1ccoc1)C(=O)N1CCN(CC(=O)O)CC1. The van der Waals surface area contributed by atoms with Gasteiger partial charge in [0.05, 0.1) is 25.6 Å². The number of urea groups is 1. The highest BCUT2D eigenvalue weighted by molar-refractivity contribution is 5.74. The van der Waals surface area contributed by atoms with Crippen molar-refractivity contribution in [2.24, 2.45) is 0 Å². The van der Waals surface area contributed by atoms with Gasteiger partial charge in [-0.25, -0.2) is 4.79 Å². The largest absolute Gasteiger partial charge is 0.480 e. The number of rotatable bonds is 4. The van der Waals surface area contributed by atoms with Crippen LogP contribution in [0.2, 0.25) is 0 Å². The van der Waals surface area contributed by atoms with Crippen molar-refractivity contribution in [3.05, 3.63) is 24.2 Å². The highest BCUT2D eigenvalue weighted by Gasteiger charge is 2.24. The first-order valence-corrected chi connectivity index (χ1v) is 6.51. The molecular formula is C13H19N3O4. The Hall–Kier alpha value is -2.02. The van der Waals surface area contributed by atoms with E-state index in [1.54, 1.807) is 29.4 Å². The minimum absolute atomic E-state index is 0.0346. The summed E-state index contributed by atoms with van der Waals surface area (Å²) >= 11 is 0. The number of furan rings is 1. The topological polar surface area (TPSA) is 77.2 Å². The summed E-state index contributed by atoms with van der Waals surface area (Å²) < 4.78 is 4.98. The summed E-state index contributed by atoms with van der Waals surface area (Å²) in [7, 11) is 1.75. The molecule has 0 spiro atoms. The zero-order valence-corrected chi connectivity index (χ0v) is 11.5. The minimum atomic E-state index is -0.832. The number of amides is 2. The van der Waals surface area contributed by atoms with E-state index < -0.39 is 5.97 Å². The molecular weight excluding hydrogens is 262 g/mol. The molecule has 1 N–H and O–H groups in total. The lowest BCUT2D eigenvalue weighted by atomic mass is 10.3. The van der Waals surface area contributed by atoms with Gasteiger partial charge in [-0.2, -0.15) is 0 Å². The third-order valence-corrected chi connectivity index (χ3v) is 3.33. The molecule has 2 rings (SSSR count). The number of carboxylic acids is 1. The summed E-state index contributed by atoms with van der Waals surface area (Å²) in [5.74, 6) is -0.832. The number of piperazine rings is 1. The van der Waals surface area contributed by atoms with Crippen LogP contribution in [0, 0.1) is 0 Å². The predicted molar refractivity (Wildman–Crippen MR) is 71.2 cm³/mol. The van der Waals surface area contributed by atoms with Crippen LogP contribution in [-0.4, -0.2) is 71.6 Å². The molecule has 0 saturated carbocycles. The van der Waals surface area contributed by atoms with Gasteiger partial charge in [0.15, 0.2) is 0 Å². The minimum Gasteiger partial charge on any atom is -0.480 e. The van der Waals surface area contributed by atoms with Crippen LogP contribution in [0.25, 0.3) is 0 Å². The Labute approximate surface area is 117 Å². The summed E-state index contributed by atoms with van der Waals surface area (Å²) in [6, 6.07) is 1.79. The van der Waals surface area contributed by atoms with Crippen molar-refractivity contribution in [3.8, 4) is 0 Å². The van der Waals surface area contributed by atoms with Gasteiger partial charge in [0.1, 0.15) is 0 Å². The molecule has 0 atom stereocenters. The average Bonchev–Trinajstić information content (AvgIpc) is 2.91. The van der Waals surface area contributed by atoms with Crippen LogP contribution in [0.15, 0.2) is 23.0 Å². The number of nitrogens with zero attached hydrogens (tertiary/aromatic N) is 3. The van der Waals surface area contributed by atoms with Gasteiger partial charge in [0, 0.05) is 38.8 Å². The molecule has 0 unspecified atom stereocenters. The molecule has 0 aliphatic carbocycles. The van der Waals surface area contributed by atoms with E-state index in [9.17, 15) is 9.59 Å². The molecule has 7 nitrogen and oxygen atoms in total. The second-order valence-corrected chi connectivity index (χ2v) is 4.93. The summed E-state index contributed by atoms with van der Waals surface area (Å²) in [5, 5.41) is 8.73. The monoisotopic (exact) mass is 281 g/mol. The third kappa shape index (κ3) is 3.74. The normalized spacial score (nSPS) is 16.1. The molecule has 1 fully saturated rings. The summed E-state index contributed by atoms with van der Waals surface area (Å²) in [6.45, 7) is 2.84. The Kier molecular flexibility index (Phi) is 4.62. The van der Waals surface area contributed by atoms with Gasteiger partial charge < -0.3 is 19.3 Å². The van der Waals surface area contributed by atoms with E-state index in [1.165, 1.54) is 0 Å². The second kappa shape index (κ2) is 6.42. The van der Waals surface area contributed by atoms with E-state index in [-0.39, 0.29) is 12.6 Å². The molecule has 1 aliphatic heterocycles. The molecule has 110 valence electrons. The number of carboxylic acid groups (broad SMARTS) is 1. The van der Waals surface area contributed by atoms with E-state index in [1.807, 2.05) is 11.0 Å². The first kappa shape index (κ1) is 14.4. The molecule has 20 heavy (non-hydrogen) atoms. The highest BCUT2D eigenvalue weighted by atomic mass is 16.4. The van der Waals surface area contributed by atoms with Crippen LogP contribution >= 0.6 is 0 Å². The zero-order valence-electron chi connectivity index (χ0n) is 11.5. The van der Waals surface area contributed by atoms with Crippen molar-refractivity contribution in [2.45, 2.75) is 6.54 Å². The number of carbonyl (C=O) groups excluding carboxylic acids is 1. The van der Waals surface area contributed by atoms with Crippen molar-refractivity contribution < 1.29 is 19.1 Å². The van der Waals surface area contributed by atoms with Crippen LogP contribution in [0.1, 0.15) is 5.56 Å². The Balaban J connectivity index is 1.80. The maximum absolute atomic E-state index is 12.2. The van der Waals surface area contributed by atoms with Crippen molar-refractivity contribution in [3.63, 3.8) is 0 Å². The molecule has 0 bridgehead atoms. The van der Waals surface area contributed by atoms with Crippen LogP contribution in [0.5, 0.6) is 0 Å². The fraction of sp³-hybridized carbons (Fsp3) is 0.538. The number of carbonyl (C=O) groups is 2. The molecule has 1 aromatic heterocycles. The fourth-order valence-corrected chi connectivity index (χ4v) is 2.25. The van der Waals surface area contributed by atoms with E-state index in [4.69, 9.17) is 9.52 Å². The lowest BCUT2D eigenvalue weighted by molar-refractivity contribution is -0.138. The molecule has 1 aliphatic rings. The van der Waals surface area contributed by atoms with E-state index in [2.05, 4.69) is 0 Å². The van der Waals surface area contributed by atoms with Crippen molar-refractivity contribution in [1.82, 2.24) is 14.7 Å². The Bertz CT molecular complexity index is 452. The molecule has 0 aromatic carbocycles. The van der Waals surface area contributed by atoms with E-state index in [0.29, 0.717) is 32.7 Å². The second-order valence-electron chi connectivity index (χ2n) is 4.93. The maximum Gasteiger partial charge on any atom is 0.320 e. The van der Waals surface area contributed by atoms with Gasteiger partial charge >= 0.3 is 12.0 Å². The lowest BCUT2D eigenvalue weighted by Crippen LogP contribution is -2.52. The average molecular weight is 281 g/mol. The molecule has 7 heteroatoms. The van der Waals surface area contributed by atoms with Crippen LogP contribution in [0.3, 0.4) is 0 Å². The lowest BCUT2D eigenvalue weighted by Gasteiger charge is -2.35. The van der Waals surface area contributed by atoms with Crippen LogP contribution in [-0.2, 0) is 11.3 Å². The quantitative estimate of drug-likeness (QED) is 0.871. The summed E-state index contributed by atoms with van der Waals surface area (Å²) in [4.78, 5) is 28.1. The molecule has 2 heterocycles. The van der Waals surface area contributed by atoms with Crippen LogP contribution in [0.4, 0.5) is 4.79 Å². The molecule has 1 aromatic rings. The van der Waals surface area contributed by atoms with E-state index in [0.717, 1.165) is 5.56 Å². The summed E-state index contributed by atoms with van der Waals surface area (Å²) in [6.07, 6.45) is 3.20. The maximum atomic E-state index is 12.2. The van der Waals surface area contributed by atoms with Gasteiger partial charge in [0.2, 0.25) is 0 Å². The summed E-state index contributed by atoms with van der Waals surface area (Å²) in [5.41, 5.74) is 0.949. The third-order valence-electron chi connectivity index (χ3n) is 3.33. The Morgan fingerprint density at radius 1 is 1.35 bits per heavy atom. The number of aliphatic carboxylic acids is 1. The van der Waals surface area contributed by atoms with Gasteiger partial charge in [-0.1, -0.05) is 0 Å². The van der Waals surface area contributed by atoms with Crippen LogP contribution < -0.4 is 0 Å². The predicted octanol–water partition coefficient (Wildman–Crippen LogP) is 0.534. The number of hydrogen-bond donors (Lipinski definition) is 1. The number of hydrogen-bond acceptors (Lipinski definition) is 4. The highest BCUT2D eigenvalue weighted by Crippen LogP contribution is 2.09. The molecule has 0 radical (unpaired) electrons. The fourth-order valence-electron chi connectivity index (χ4n) is 2.25. The van der Waals surface area contributed by atoms with Gasteiger partial charge in [-0.15, -0.1) is 0 Å². The smallest absolute Gasteiger partial charge is 0.320 e. The standard InChI is InChI=1S/C13H19N3O4/c1-14(8-11-2-7-20-10-11)13(19)16-5-3-15(4-6-16)9-12(17)18/h2,7,10H,3-6,8-9H2,1H3,(H,17,18). The first-order valence-electron chi connectivity index (χ1n) is 6.51. The Morgan fingerprint density at radius 2 is 2.05 bits per heavy atom. The molecule has 1 saturated heterocycles. The molecule has 2 amide bonds. The van der Waals surface area contributed by atoms with Gasteiger partial charge in [-0.05, 0) is 6.07 Å². The first-order chi connectivity index (χ1) is 9.56. The van der Waals surface area contributed by atoms with Crippen molar-refractivity contribution >= 4 is 12.0 Å². The van der Waals surface area contributed by atoms with Gasteiger partial charge in [0.25, 0.3) is 0 Å². The van der Waals surface area contributed by atoms with Crippen molar-refractivity contribution in [1.29, 1.82) is 0 Å². The Morgan fingerprint density at radius 3 is 2.60 bits per heavy atom. The van der Waals surface area contributed by atoms with E-state index >= 15 is 0 Å². The van der Waals surface area contributed by atoms with Crippen molar-refractivity contribution in [2.75, 3.05) is 39.8 Å².